The highest BCUT2D eigenvalue weighted by Gasteiger charge is 2.69. The van der Waals surface area contributed by atoms with Crippen molar-refractivity contribution >= 4 is 29.2 Å². The molecular weight excluding hydrogens is 536 g/mol. The molecule has 2 aromatic carbocycles. The Morgan fingerprint density at radius 3 is 2.67 bits per heavy atom. The van der Waals surface area contributed by atoms with Gasteiger partial charge in [-0.1, -0.05) is 17.7 Å². The third kappa shape index (κ3) is 3.89. The first kappa shape index (κ1) is 26.9. The van der Waals surface area contributed by atoms with Crippen LogP contribution in [-0.4, -0.2) is 70.0 Å². The molecule has 1 saturated heterocycles. The van der Waals surface area contributed by atoms with Gasteiger partial charge in [-0.05, 0) is 81.8 Å². The number of rotatable bonds is 6. The number of nitrogens with zero attached hydrogens (tertiary/aromatic N) is 1. The summed E-state index contributed by atoms with van der Waals surface area (Å²) >= 11 is 6.30. The van der Waals surface area contributed by atoms with E-state index in [1.165, 1.54) is 45.1 Å². The standard InChI is InChI=1S/C30H33ClN2O7/c1-15(27(36)32-20-8-6-18(12-19(20)31)28(37)39-3)24(35)26-30-10-11-33(14-16-4-5-16)22(29(30,2)38)13-17-7-9-21(34)25(40-26)23(17)30/h6-9,12,16,22,26,34-35,38H,4-5,10-11,13-14H2,1-3H3,(H,32,36)/b24-15-/t22-,26+,29-,30+/m1/s1. The molecule has 1 amide bonds. The number of likely N-dealkylation sites (tertiary alicyclic amines) is 1. The van der Waals surface area contributed by atoms with E-state index in [0.717, 1.165) is 12.1 Å². The second-order valence-electron chi connectivity index (χ2n) is 11.6. The Hall–Kier alpha value is -3.27. The first-order valence-corrected chi connectivity index (χ1v) is 13.9. The van der Waals surface area contributed by atoms with Gasteiger partial charge < -0.3 is 30.1 Å². The highest BCUT2D eigenvalue weighted by molar-refractivity contribution is 6.34. The molecule has 6 rings (SSSR count). The summed E-state index contributed by atoms with van der Waals surface area (Å²) in [5.41, 5.74) is -0.224. The fraction of sp³-hybridized carbons (Fsp3) is 0.467. The van der Waals surface area contributed by atoms with Crippen molar-refractivity contribution in [1.82, 2.24) is 4.90 Å². The predicted molar refractivity (Wildman–Crippen MR) is 148 cm³/mol. The van der Waals surface area contributed by atoms with E-state index in [1.807, 2.05) is 6.07 Å². The van der Waals surface area contributed by atoms with Crippen LogP contribution >= 0.6 is 11.6 Å². The Labute approximate surface area is 237 Å². The number of benzene rings is 2. The van der Waals surface area contributed by atoms with Crippen molar-refractivity contribution < 1.29 is 34.4 Å². The van der Waals surface area contributed by atoms with Crippen LogP contribution in [0.3, 0.4) is 0 Å². The summed E-state index contributed by atoms with van der Waals surface area (Å²) in [6.07, 6.45) is 2.40. The Morgan fingerprint density at radius 2 is 2.00 bits per heavy atom. The van der Waals surface area contributed by atoms with Crippen molar-refractivity contribution in [3.8, 4) is 11.5 Å². The Morgan fingerprint density at radius 1 is 1.25 bits per heavy atom. The Balaban J connectivity index is 1.36. The number of piperidine rings is 1. The largest absolute Gasteiger partial charge is 0.508 e. The zero-order chi connectivity index (χ0) is 28.6. The zero-order valence-electron chi connectivity index (χ0n) is 22.7. The first-order chi connectivity index (χ1) is 19.0. The molecule has 212 valence electrons. The van der Waals surface area contributed by atoms with Gasteiger partial charge in [-0.2, -0.15) is 0 Å². The van der Waals surface area contributed by atoms with Gasteiger partial charge in [0.2, 0.25) is 0 Å². The minimum Gasteiger partial charge on any atom is -0.508 e. The summed E-state index contributed by atoms with van der Waals surface area (Å²) in [5, 5.41) is 37.5. The van der Waals surface area contributed by atoms with Crippen molar-refractivity contribution in [2.24, 2.45) is 5.92 Å². The minimum atomic E-state index is -1.31. The summed E-state index contributed by atoms with van der Waals surface area (Å²) < 4.78 is 11.0. The van der Waals surface area contributed by atoms with Gasteiger partial charge >= 0.3 is 5.97 Å². The average molecular weight is 569 g/mol. The molecule has 2 aromatic rings. The van der Waals surface area contributed by atoms with Crippen molar-refractivity contribution in [2.45, 2.75) is 62.7 Å². The number of fused-ring (bicyclic) bond motifs is 1. The first-order valence-electron chi connectivity index (χ1n) is 13.6. The zero-order valence-corrected chi connectivity index (χ0v) is 23.4. The number of ether oxygens (including phenoxy) is 2. The van der Waals surface area contributed by atoms with Gasteiger partial charge in [0.15, 0.2) is 17.6 Å². The van der Waals surface area contributed by atoms with Gasteiger partial charge in [-0.3, -0.25) is 9.69 Å². The number of carbonyl (C=O) groups is 2. The lowest BCUT2D eigenvalue weighted by Crippen LogP contribution is -2.73. The van der Waals surface area contributed by atoms with Gasteiger partial charge in [-0.25, -0.2) is 4.79 Å². The van der Waals surface area contributed by atoms with Crippen LogP contribution in [0.1, 0.15) is 54.6 Å². The van der Waals surface area contributed by atoms with E-state index in [1.54, 1.807) is 13.0 Å². The monoisotopic (exact) mass is 568 g/mol. The highest BCUT2D eigenvalue weighted by Crippen LogP contribution is 2.63. The molecule has 4 aliphatic rings. The predicted octanol–water partition coefficient (Wildman–Crippen LogP) is 4.09. The van der Waals surface area contributed by atoms with Crippen molar-refractivity contribution in [3.63, 3.8) is 0 Å². The number of nitrogens with one attached hydrogen (secondary N) is 1. The van der Waals surface area contributed by atoms with E-state index >= 15 is 0 Å². The number of methoxy groups -OCH3 is 1. The maximum absolute atomic E-state index is 13.3. The van der Waals surface area contributed by atoms with Gasteiger partial charge in [0.1, 0.15) is 5.76 Å². The molecule has 4 atom stereocenters. The maximum atomic E-state index is 13.3. The van der Waals surface area contributed by atoms with E-state index in [9.17, 15) is 24.9 Å². The molecule has 9 nitrogen and oxygen atoms in total. The van der Waals surface area contributed by atoms with E-state index in [2.05, 4.69) is 10.2 Å². The topological polar surface area (TPSA) is 129 Å². The van der Waals surface area contributed by atoms with Gasteiger partial charge in [-0.15, -0.1) is 0 Å². The summed E-state index contributed by atoms with van der Waals surface area (Å²) in [4.78, 5) is 27.5. The lowest BCUT2D eigenvalue weighted by Gasteiger charge is -2.59. The second kappa shape index (κ2) is 9.39. The van der Waals surface area contributed by atoms with Gasteiger partial charge in [0.05, 0.1) is 40.0 Å². The van der Waals surface area contributed by atoms with Crippen LogP contribution in [0.15, 0.2) is 41.7 Å². The molecule has 2 bridgehead atoms. The fourth-order valence-corrected chi connectivity index (χ4v) is 7.19. The van der Waals surface area contributed by atoms with Crippen molar-refractivity contribution in [3.05, 3.63) is 63.4 Å². The molecule has 2 aliphatic carbocycles. The molecule has 2 heterocycles. The number of anilines is 1. The number of phenols is 1. The normalized spacial score (nSPS) is 29.2. The smallest absolute Gasteiger partial charge is 0.337 e. The van der Waals surface area contributed by atoms with Crippen LogP contribution in [0.4, 0.5) is 5.69 Å². The summed E-state index contributed by atoms with van der Waals surface area (Å²) in [6.45, 7) is 4.89. The lowest BCUT2D eigenvalue weighted by atomic mass is 9.53. The number of aliphatic hydroxyl groups is 2. The quantitative estimate of drug-likeness (QED) is 0.233. The van der Waals surface area contributed by atoms with Crippen molar-refractivity contribution in [1.29, 1.82) is 0 Å². The SMILES string of the molecule is COC(=O)c1ccc(NC(=O)/C(C)=C(\O)[C@@H]2Oc3c(O)ccc4c3[C@@]23CCN(CC2CC2)[C@H](C4)[C@@]3(C)O)c(Cl)c1. The van der Waals surface area contributed by atoms with Crippen LogP contribution in [-0.2, 0) is 21.4 Å². The summed E-state index contributed by atoms with van der Waals surface area (Å²) in [6, 6.07) is 7.60. The number of amides is 1. The van der Waals surface area contributed by atoms with Gasteiger partial charge in [0.25, 0.3) is 5.91 Å². The fourth-order valence-electron chi connectivity index (χ4n) is 6.96. The number of hydrogen-bond acceptors (Lipinski definition) is 8. The third-order valence-corrected chi connectivity index (χ3v) is 9.67. The molecule has 2 fully saturated rings. The number of hydrogen-bond donors (Lipinski definition) is 4. The van der Waals surface area contributed by atoms with E-state index in [-0.39, 0.29) is 45.1 Å². The Bertz CT molecular complexity index is 1450. The molecule has 0 aromatic heterocycles. The molecule has 10 heteroatoms. The van der Waals surface area contributed by atoms with Gasteiger partial charge in [0, 0.05) is 18.2 Å². The molecule has 0 radical (unpaired) electrons. The number of aromatic hydroxyl groups is 1. The van der Waals surface area contributed by atoms with E-state index in [4.69, 9.17) is 21.1 Å². The number of phenolic OH excluding ortho intramolecular Hbond substituents is 1. The van der Waals surface area contributed by atoms with Crippen LogP contribution in [0.2, 0.25) is 5.02 Å². The number of esters is 1. The Kier molecular flexibility index (Phi) is 6.32. The average Bonchev–Trinajstić information content (AvgIpc) is 3.67. The third-order valence-electron chi connectivity index (χ3n) is 9.35. The van der Waals surface area contributed by atoms with Crippen LogP contribution in [0.25, 0.3) is 0 Å². The molecule has 1 spiro atoms. The highest BCUT2D eigenvalue weighted by atomic mass is 35.5. The number of aliphatic hydroxyl groups excluding tert-OH is 1. The molecule has 1 saturated carbocycles. The van der Waals surface area contributed by atoms with Crippen LogP contribution in [0, 0.1) is 5.92 Å². The molecule has 4 N–H and O–H groups in total. The maximum Gasteiger partial charge on any atom is 0.337 e. The minimum absolute atomic E-state index is 0.0142. The van der Waals surface area contributed by atoms with E-state index in [0.29, 0.717) is 30.9 Å². The number of carbonyl (C=O) groups excluding carboxylic acids is 2. The molecule has 2 aliphatic heterocycles. The molecule has 40 heavy (non-hydrogen) atoms. The van der Waals surface area contributed by atoms with Crippen molar-refractivity contribution in [2.75, 3.05) is 25.5 Å². The summed E-state index contributed by atoms with van der Waals surface area (Å²) in [5.74, 6) is -0.679. The summed E-state index contributed by atoms with van der Waals surface area (Å²) in [7, 11) is 1.26. The molecule has 0 unspecified atom stereocenters. The van der Waals surface area contributed by atoms with Crippen LogP contribution in [0.5, 0.6) is 11.5 Å². The molecular formula is C30H33ClN2O7. The van der Waals surface area contributed by atoms with E-state index < -0.39 is 29.0 Å². The number of halogens is 1. The lowest BCUT2D eigenvalue weighted by molar-refractivity contribution is -0.153. The second-order valence-corrected chi connectivity index (χ2v) is 12.0. The van der Waals surface area contributed by atoms with Crippen LogP contribution < -0.4 is 10.1 Å².